The van der Waals surface area contributed by atoms with E-state index in [1.54, 1.807) is 13.0 Å². The molecule has 0 amide bonds. The van der Waals surface area contributed by atoms with Gasteiger partial charge in [0.25, 0.3) is 0 Å². The number of carbonyl (C=O) groups excluding carboxylic acids is 1. The molecule has 3 nitrogen and oxygen atoms in total. The van der Waals surface area contributed by atoms with Gasteiger partial charge in [-0.15, -0.1) is 0 Å². The first-order chi connectivity index (χ1) is 11.1. The normalized spacial score (nSPS) is 10.7. The first-order valence-corrected chi connectivity index (χ1v) is 8.97. The van der Waals surface area contributed by atoms with Gasteiger partial charge in [0.2, 0.25) is 0 Å². The van der Waals surface area contributed by atoms with E-state index in [0.717, 1.165) is 24.9 Å². The molecule has 0 spiro atoms. The summed E-state index contributed by atoms with van der Waals surface area (Å²) in [5.74, 6) is 0.483. The van der Waals surface area contributed by atoms with Crippen LogP contribution in [0.5, 0.6) is 5.75 Å². The van der Waals surface area contributed by atoms with Gasteiger partial charge < -0.3 is 9.47 Å². The molecule has 0 atom stereocenters. The number of benzene rings is 2. The second-order valence-electron chi connectivity index (χ2n) is 4.69. The molecule has 2 aromatic rings. The molecule has 0 saturated heterocycles. The van der Waals surface area contributed by atoms with Crippen molar-refractivity contribution in [3.8, 4) is 5.75 Å². The maximum absolute atomic E-state index is 11.3. The Balaban J connectivity index is 2.00. The monoisotopic (exact) mass is 486 g/mol. The van der Waals surface area contributed by atoms with Gasteiger partial charge in [-0.2, -0.15) is 0 Å². The SMILES string of the molecule is CCOC(=O)/C=C/c1ccc(OCc2cccc(Br)c2)c(I)c1. The highest BCUT2D eigenvalue weighted by Gasteiger charge is 2.03. The van der Waals surface area contributed by atoms with Crippen LogP contribution in [-0.4, -0.2) is 12.6 Å². The van der Waals surface area contributed by atoms with Crippen LogP contribution in [0.4, 0.5) is 0 Å². The third kappa shape index (κ3) is 5.99. The number of rotatable bonds is 6. The fraction of sp³-hybridized carbons (Fsp3) is 0.167. The third-order valence-electron chi connectivity index (χ3n) is 2.94. The highest BCUT2D eigenvalue weighted by atomic mass is 127. The van der Waals surface area contributed by atoms with Crippen molar-refractivity contribution >= 4 is 50.6 Å². The van der Waals surface area contributed by atoms with Gasteiger partial charge in [-0.3, -0.25) is 0 Å². The fourth-order valence-corrected chi connectivity index (χ4v) is 3.02. The van der Waals surface area contributed by atoms with Crippen molar-refractivity contribution in [2.75, 3.05) is 6.61 Å². The van der Waals surface area contributed by atoms with Gasteiger partial charge >= 0.3 is 5.97 Å². The minimum Gasteiger partial charge on any atom is -0.488 e. The van der Waals surface area contributed by atoms with E-state index in [0.29, 0.717) is 13.2 Å². The van der Waals surface area contributed by atoms with E-state index in [1.165, 1.54) is 6.08 Å². The summed E-state index contributed by atoms with van der Waals surface area (Å²) in [4.78, 5) is 11.3. The number of hydrogen-bond acceptors (Lipinski definition) is 3. The average molecular weight is 487 g/mol. The van der Waals surface area contributed by atoms with Gasteiger partial charge in [-0.25, -0.2) is 4.79 Å². The predicted molar refractivity (Wildman–Crippen MR) is 103 cm³/mol. The lowest BCUT2D eigenvalue weighted by atomic mass is 10.2. The van der Waals surface area contributed by atoms with E-state index in [4.69, 9.17) is 9.47 Å². The summed E-state index contributed by atoms with van der Waals surface area (Å²) in [6, 6.07) is 13.8. The van der Waals surface area contributed by atoms with Crippen molar-refractivity contribution < 1.29 is 14.3 Å². The first-order valence-electron chi connectivity index (χ1n) is 7.10. The Morgan fingerprint density at radius 3 is 2.78 bits per heavy atom. The summed E-state index contributed by atoms with van der Waals surface area (Å²) in [5.41, 5.74) is 2.03. The average Bonchev–Trinajstić information content (AvgIpc) is 2.52. The summed E-state index contributed by atoms with van der Waals surface area (Å²) in [6.07, 6.45) is 3.16. The van der Waals surface area contributed by atoms with Crippen LogP contribution >= 0.6 is 38.5 Å². The lowest BCUT2D eigenvalue weighted by Gasteiger charge is -2.09. The molecule has 0 fully saturated rings. The maximum atomic E-state index is 11.3. The van der Waals surface area contributed by atoms with Gasteiger partial charge in [0, 0.05) is 10.5 Å². The van der Waals surface area contributed by atoms with Gasteiger partial charge in [-0.05, 0) is 71.0 Å². The zero-order chi connectivity index (χ0) is 16.7. The largest absolute Gasteiger partial charge is 0.488 e. The van der Waals surface area contributed by atoms with Crippen molar-refractivity contribution in [1.82, 2.24) is 0 Å². The van der Waals surface area contributed by atoms with Crippen molar-refractivity contribution in [3.05, 3.63) is 67.7 Å². The van der Waals surface area contributed by atoms with E-state index < -0.39 is 0 Å². The summed E-state index contributed by atoms with van der Waals surface area (Å²) in [7, 11) is 0. The number of esters is 1. The molecular weight excluding hydrogens is 471 g/mol. The summed E-state index contributed by atoms with van der Waals surface area (Å²) < 4.78 is 12.7. The minimum absolute atomic E-state index is 0.336. The van der Waals surface area contributed by atoms with Crippen molar-refractivity contribution in [3.63, 3.8) is 0 Å². The third-order valence-corrected chi connectivity index (χ3v) is 4.27. The van der Waals surface area contributed by atoms with Crippen LogP contribution in [0.1, 0.15) is 18.1 Å². The Morgan fingerprint density at radius 1 is 1.26 bits per heavy atom. The lowest BCUT2D eigenvalue weighted by molar-refractivity contribution is -0.137. The molecule has 23 heavy (non-hydrogen) atoms. The molecule has 0 aromatic heterocycles. The maximum Gasteiger partial charge on any atom is 0.330 e. The van der Waals surface area contributed by atoms with Crippen LogP contribution < -0.4 is 4.74 Å². The van der Waals surface area contributed by atoms with Crippen LogP contribution in [-0.2, 0) is 16.1 Å². The molecule has 5 heteroatoms. The summed E-state index contributed by atoms with van der Waals surface area (Å²) >= 11 is 5.67. The van der Waals surface area contributed by atoms with Crippen molar-refractivity contribution in [2.24, 2.45) is 0 Å². The van der Waals surface area contributed by atoms with Gasteiger partial charge in [0.1, 0.15) is 12.4 Å². The molecule has 0 heterocycles. The molecule has 0 aliphatic rings. The molecule has 0 aliphatic carbocycles. The lowest BCUT2D eigenvalue weighted by Crippen LogP contribution is -1.99. The number of ether oxygens (including phenoxy) is 2. The van der Waals surface area contributed by atoms with Crippen LogP contribution in [0.2, 0.25) is 0 Å². The van der Waals surface area contributed by atoms with Crippen LogP contribution in [0, 0.1) is 3.57 Å². The van der Waals surface area contributed by atoms with E-state index in [2.05, 4.69) is 38.5 Å². The van der Waals surface area contributed by atoms with Crippen LogP contribution in [0.3, 0.4) is 0 Å². The molecule has 2 aromatic carbocycles. The standard InChI is InChI=1S/C18H16BrIO3/c1-2-22-18(21)9-7-13-6-8-17(16(20)11-13)23-12-14-4-3-5-15(19)10-14/h3-11H,2,12H2,1H3/b9-7+. The molecule has 0 saturated carbocycles. The van der Waals surface area contributed by atoms with E-state index in [1.807, 2.05) is 42.5 Å². The molecule has 0 radical (unpaired) electrons. The smallest absolute Gasteiger partial charge is 0.330 e. The zero-order valence-corrected chi connectivity index (χ0v) is 16.3. The minimum atomic E-state index is -0.336. The fourth-order valence-electron chi connectivity index (χ4n) is 1.88. The molecule has 0 aliphatic heterocycles. The molecule has 2 rings (SSSR count). The molecule has 0 unspecified atom stereocenters. The second kappa shape index (κ2) is 9.08. The Bertz CT molecular complexity index is 713. The quantitative estimate of drug-likeness (QED) is 0.319. The van der Waals surface area contributed by atoms with Gasteiger partial charge in [0.05, 0.1) is 10.2 Å². The van der Waals surface area contributed by atoms with Crippen LogP contribution in [0.15, 0.2) is 53.0 Å². The molecule has 0 bridgehead atoms. The molecule has 0 N–H and O–H groups in total. The highest BCUT2D eigenvalue weighted by molar-refractivity contribution is 14.1. The van der Waals surface area contributed by atoms with Crippen molar-refractivity contribution in [2.45, 2.75) is 13.5 Å². The number of carbonyl (C=O) groups is 1. The van der Waals surface area contributed by atoms with E-state index in [9.17, 15) is 4.79 Å². The summed E-state index contributed by atoms with van der Waals surface area (Å²) in [6.45, 7) is 2.67. The Labute approximate surface area is 158 Å². The Morgan fingerprint density at radius 2 is 2.09 bits per heavy atom. The predicted octanol–water partition coefficient (Wildman–Crippen LogP) is 5.21. The number of hydrogen-bond donors (Lipinski definition) is 0. The van der Waals surface area contributed by atoms with E-state index in [-0.39, 0.29) is 5.97 Å². The zero-order valence-electron chi connectivity index (χ0n) is 12.6. The van der Waals surface area contributed by atoms with E-state index >= 15 is 0 Å². The summed E-state index contributed by atoms with van der Waals surface area (Å²) in [5, 5.41) is 0. The Hall–Kier alpha value is -1.34. The Kier molecular flexibility index (Phi) is 7.11. The van der Waals surface area contributed by atoms with Crippen molar-refractivity contribution in [1.29, 1.82) is 0 Å². The molecular formula is C18H16BrIO3. The topological polar surface area (TPSA) is 35.5 Å². The van der Waals surface area contributed by atoms with Crippen LogP contribution in [0.25, 0.3) is 6.08 Å². The second-order valence-corrected chi connectivity index (χ2v) is 6.77. The van der Waals surface area contributed by atoms with Gasteiger partial charge in [-0.1, -0.05) is 34.1 Å². The number of halogens is 2. The van der Waals surface area contributed by atoms with Gasteiger partial charge in [0.15, 0.2) is 0 Å². The highest BCUT2D eigenvalue weighted by Crippen LogP contribution is 2.24. The molecule has 120 valence electrons. The first kappa shape index (κ1) is 18.0.